The van der Waals surface area contributed by atoms with Crippen molar-refractivity contribution < 1.29 is 9.53 Å². The van der Waals surface area contributed by atoms with Crippen LogP contribution in [0.1, 0.15) is 15.9 Å². The zero-order chi connectivity index (χ0) is 13.0. The molecule has 0 amide bonds. The first-order valence-corrected chi connectivity index (χ1v) is 5.84. The van der Waals surface area contributed by atoms with E-state index in [9.17, 15) is 4.79 Å². The third-order valence-electron chi connectivity index (χ3n) is 2.62. The van der Waals surface area contributed by atoms with Gasteiger partial charge in [0.2, 0.25) is 0 Å². The molecule has 0 bridgehead atoms. The topological polar surface area (TPSA) is 39.2 Å². The number of aromatic nitrogens is 1. The summed E-state index contributed by atoms with van der Waals surface area (Å²) >= 11 is 5.97. The first-order chi connectivity index (χ1) is 8.70. The van der Waals surface area contributed by atoms with Crippen molar-refractivity contribution >= 4 is 17.4 Å². The molecule has 0 radical (unpaired) electrons. The number of hydrogen-bond acceptors (Lipinski definition) is 3. The van der Waals surface area contributed by atoms with Gasteiger partial charge in [0.1, 0.15) is 5.75 Å². The minimum absolute atomic E-state index is 0.0192. The average molecular weight is 262 g/mol. The molecule has 2 aromatic rings. The molecule has 3 nitrogen and oxygen atoms in total. The number of rotatable bonds is 4. The quantitative estimate of drug-likeness (QED) is 0.794. The van der Waals surface area contributed by atoms with Crippen LogP contribution in [0.4, 0.5) is 0 Å². The molecular formula is C14H12ClNO2. The van der Waals surface area contributed by atoms with Crippen LogP contribution in [0.3, 0.4) is 0 Å². The summed E-state index contributed by atoms with van der Waals surface area (Å²) in [6.45, 7) is 0. The van der Waals surface area contributed by atoms with E-state index in [2.05, 4.69) is 4.98 Å². The SMILES string of the molecule is COc1ccc(C(=O)Cc2ccncc2Cl)cc1. The molecule has 0 aliphatic heterocycles. The maximum absolute atomic E-state index is 12.0. The number of methoxy groups -OCH3 is 1. The summed E-state index contributed by atoms with van der Waals surface area (Å²) in [7, 11) is 1.59. The highest BCUT2D eigenvalue weighted by molar-refractivity contribution is 6.31. The third-order valence-corrected chi connectivity index (χ3v) is 2.96. The van der Waals surface area contributed by atoms with Crippen LogP contribution in [0.2, 0.25) is 5.02 Å². The summed E-state index contributed by atoms with van der Waals surface area (Å²) < 4.78 is 5.05. The van der Waals surface area contributed by atoms with Crippen molar-refractivity contribution in [3.8, 4) is 5.75 Å². The number of ether oxygens (including phenoxy) is 1. The lowest BCUT2D eigenvalue weighted by atomic mass is 10.0. The molecule has 18 heavy (non-hydrogen) atoms. The second-order valence-corrected chi connectivity index (χ2v) is 4.20. The van der Waals surface area contributed by atoms with Crippen molar-refractivity contribution in [1.29, 1.82) is 0 Å². The van der Waals surface area contributed by atoms with Crippen LogP contribution in [0, 0.1) is 0 Å². The normalized spacial score (nSPS) is 10.1. The van der Waals surface area contributed by atoms with Crippen LogP contribution in [0.15, 0.2) is 42.7 Å². The maximum Gasteiger partial charge on any atom is 0.167 e. The Labute approximate surface area is 110 Å². The van der Waals surface area contributed by atoms with Gasteiger partial charge in [0.25, 0.3) is 0 Å². The number of carbonyl (C=O) groups is 1. The fourth-order valence-corrected chi connectivity index (χ4v) is 1.79. The standard InChI is InChI=1S/C14H12ClNO2/c1-18-12-4-2-10(3-5-12)14(17)8-11-6-7-16-9-13(11)15/h2-7,9H,8H2,1H3. The fourth-order valence-electron chi connectivity index (χ4n) is 1.60. The highest BCUT2D eigenvalue weighted by atomic mass is 35.5. The number of ketones is 1. The molecule has 2 rings (SSSR count). The number of carbonyl (C=O) groups excluding carboxylic acids is 1. The van der Waals surface area contributed by atoms with Gasteiger partial charge in [0, 0.05) is 24.4 Å². The second kappa shape index (κ2) is 5.65. The van der Waals surface area contributed by atoms with E-state index in [0.29, 0.717) is 10.6 Å². The zero-order valence-electron chi connectivity index (χ0n) is 9.89. The maximum atomic E-state index is 12.0. The molecule has 1 aromatic heterocycles. The molecule has 0 saturated heterocycles. The summed E-state index contributed by atoms with van der Waals surface area (Å²) in [5, 5.41) is 0.513. The minimum atomic E-state index is 0.0192. The fraction of sp³-hybridized carbons (Fsp3) is 0.143. The lowest BCUT2D eigenvalue weighted by molar-refractivity contribution is 0.0993. The van der Waals surface area contributed by atoms with E-state index in [-0.39, 0.29) is 12.2 Å². The lowest BCUT2D eigenvalue weighted by Gasteiger charge is -2.04. The minimum Gasteiger partial charge on any atom is -0.497 e. The van der Waals surface area contributed by atoms with Crippen LogP contribution >= 0.6 is 11.6 Å². The van der Waals surface area contributed by atoms with Crippen molar-refractivity contribution in [2.24, 2.45) is 0 Å². The molecule has 0 atom stereocenters. The largest absolute Gasteiger partial charge is 0.497 e. The lowest BCUT2D eigenvalue weighted by Crippen LogP contribution is -2.04. The number of Topliss-reactive ketones (excluding diaryl/α,β-unsaturated/α-hetero) is 1. The van der Waals surface area contributed by atoms with Crippen LogP contribution < -0.4 is 4.74 Å². The molecule has 0 unspecified atom stereocenters. The van der Waals surface area contributed by atoms with E-state index in [1.54, 1.807) is 43.6 Å². The van der Waals surface area contributed by atoms with Gasteiger partial charge in [-0.15, -0.1) is 0 Å². The van der Waals surface area contributed by atoms with Crippen molar-refractivity contribution in [1.82, 2.24) is 4.98 Å². The van der Waals surface area contributed by atoms with E-state index in [0.717, 1.165) is 11.3 Å². The highest BCUT2D eigenvalue weighted by Gasteiger charge is 2.09. The monoisotopic (exact) mass is 261 g/mol. The Kier molecular flexibility index (Phi) is 3.95. The summed E-state index contributed by atoms with van der Waals surface area (Å²) in [5.41, 5.74) is 1.43. The van der Waals surface area contributed by atoms with E-state index in [4.69, 9.17) is 16.3 Å². The van der Waals surface area contributed by atoms with Crippen LogP contribution in [-0.2, 0) is 6.42 Å². The van der Waals surface area contributed by atoms with Crippen LogP contribution in [-0.4, -0.2) is 17.9 Å². The number of hydrogen-bond donors (Lipinski definition) is 0. The highest BCUT2D eigenvalue weighted by Crippen LogP contribution is 2.17. The molecule has 92 valence electrons. The Morgan fingerprint density at radius 1 is 1.28 bits per heavy atom. The summed E-state index contributed by atoms with van der Waals surface area (Å²) in [6, 6.07) is 8.78. The van der Waals surface area contributed by atoms with Gasteiger partial charge < -0.3 is 4.74 Å². The van der Waals surface area contributed by atoms with E-state index in [1.807, 2.05) is 0 Å². The molecule has 1 aromatic carbocycles. The average Bonchev–Trinajstić information content (AvgIpc) is 2.41. The van der Waals surface area contributed by atoms with Gasteiger partial charge in [0.15, 0.2) is 5.78 Å². The molecule has 0 fully saturated rings. The summed E-state index contributed by atoms with van der Waals surface area (Å²) in [5.74, 6) is 0.749. The van der Waals surface area contributed by atoms with Gasteiger partial charge in [-0.05, 0) is 35.9 Å². The van der Waals surface area contributed by atoms with Crippen molar-refractivity contribution in [3.05, 3.63) is 58.9 Å². The van der Waals surface area contributed by atoms with Crippen LogP contribution in [0.25, 0.3) is 0 Å². The number of halogens is 1. The number of pyridine rings is 1. The van der Waals surface area contributed by atoms with Gasteiger partial charge in [-0.3, -0.25) is 9.78 Å². The van der Waals surface area contributed by atoms with E-state index in [1.165, 1.54) is 6.20 Å². The first-order valence-electron chi connectivity index (χ1n) is 5.46. The molecule has 0 aliphatic rings. The molecule has 4 heteroatoms. The van der Waals surface area contributed by atoms with Gasteiger partial charge in [-0.2, -0.15) is 0 Å². The summed E-state index contributed by atoms with van der Waals surface area (Å²) in [4.78, 5) is 15.9. The predicted octanol–water partition coefficient (Wildman–Crippen LogP) is 3.17. The summed E-state index contributed by atoms with van der Waals surface area (Å²) in [6.07, 6.45) is 3.44. The van der Waals surface area contributed by atoms with Crippen molar-refractivity contribution in [2.75, 3.05) is 7.11 Å². The zero-order valence-corrected chi connectivity index (χ0v) is 10.6. The first kappa shape index (κ1) is 12.6. The van der Waals surface area contributed by atoms with E-state index >= 15 is 0 Å². The smallest absolute Gasteiger partial charge is 0.167 e. The van der Waals surface area contributed by atoms with Gasteiger partial charge in [0.05, 0.1) is 12.1 Å². The molecule has 0 N–H and O–H groups in total. The van der Waals surface area contributed by atoms with Crippen molar-refractivity contribution in [3.63, 3.8) is 0 Å². The molecule has 0 saturated carbocycles. The Balaban J connectivity index is 2.14. The number of benzene rings is 1. The predicted molar refractivity (Wildman–Crippen MR) is 70.3 cm³/mol. The Hall–Kier alpha value is -1.87. The molecule has 1 heterocycles. The molecule has 0 spiro atoms. The van der Waals surface area contributed by atoms with Gasteiger partial charge in [-0.1, -0.05) is 11.6 Å². The second-order valence-electron chi connectivity index (χ2n) is 3.80. The van der Waals surface area contributed by atoms with E-state index < -0.39 is 0 Å². The van der Waals surface area contributed by atoms with Crippen molar-refractivity contribution in [2.45, 2.75) is 6.42 Å². The Morgan fingerprint density at radius 2 is 2.00 bits per heavy atom. The van der Waals surface area contributed by atoms with Crippen LogP contribution in [0.5, 0.6) is 5.75 Å². The third kappa shape index (κ3) is 2.87. The molecule has 0 aliphatic carbocycles. The van der Waals surface area contributed by atoms with Gasteiger partial charge in [-0.25, -0.2) is 0 Å². The Morgan fingerprint density at radius 3 is 2.61 bits per heavy atom. The Bertz CT molecular complexity index is 552. The molecular weight excluding hydrogens is 250 g/mol. The van der Waals surface area contributed by atoms with Gasteiger partial charge >= 0.3 is 0 Å². The number of nitrogens with zero attached hydrogens (tertiary/aromatic N) is 1.